The number of rotatable bonds is 4. The number of hydrogen-bond donors (Lipinski definition) is 2. The van der Waals surface area contributed by atoms with Gasteiger partial charge < -0.3 is 0 Å². The van der Waals surface area contributed by atoms with Gasteiger partial charge in [0.15, 0.2) is 0 Å². The first kappa shape index (κ1) is 17.4. The van der Waals surface area contributed by atoms with Crippen molar-refractivity contribution in [1.29, 1.82) is 10.5 Å². The predicted octanol–water partition coefficient (Wildman–Crippen LogP) is 1.48. The molecule has 10 heteroatoms. The van der Waals surface area contributed by atoms with Crippen LogP contribution in [0.3, 0.4) is 0 Å². The summed E-state index contributed by atoms with van der Waals surface area (Å²) >= 11 is 0. The Hall–Kier alpha value is -2.92. The van der Waals surface area contributed by atoms with Gasteiger partial charge in [0.2, 0.25) is 0 Å². The van der Waals surface area contributed by atoms with Crippen LogP contribution >= 0.6 is 0 Å². The lowest BCUT2D eigenvalue weighted by molar-refractivity contribution is 0.483. The van der Waals surface area contributed by atoms with Gasteiger partial charge in [0.05, 0.1) is 21.7 Å². The minimum Gasteiger partial charge on any atom is -0.282 e. The maximum atomic E-state index is 12.4. The molecule has 122 valence electrons. The first-order valence-corrected chi connectivity index (χ1v) is 9.15. The molecule has 2 rings (SSSR count). The van der Waals surface area contributed by atoms with E-state index in [1.54, 1.807) is 12.1 Å². The Morgan fingerprint density at radius 2 is 1.62 bits per heavy atom. The van der Waals surface area contributed by atoms with Gasteiger partial charge in [0, 0.05) is 0 Å². The van der Waals surface area contributed by atoms with Crippen molar-refractivity contribution < 1.29 is 21.4 Å². The van der Waals surface area contributed by atoms with E-state index < -0.39 is 29.9 Å². The van der Waals surface area contributed by atoms with E-state index in [0.717, 1.165) is 18.2 Å². The molecule has 0 spiro atoms. The topological polar surface area (TPSA) is 148 Å². The zero-order valence-electron chi connectivity index (χ0n) is 11.8. The third-order valence-corrected chi connectivity index (χ3v) is 5.21. The van der Waals surface area contributed by atoms with E-state index in [9.17, 15) is 16.8 Å². The summed E-state index contributed by atoms with van der Waals surface area (Å²) in [6.45, 7) is 0. The van der Waals surface area contributed by atoms with E-state index in [4.69, 9.17) is 15.1 Å². The smallest absolute Gasteiger partial charge is 0.282 e. The van der Waals surface area contributed by atoms with Crippen LogP contribution in [0.4, 0.5) is 5.69 Å². The molecule has 0 amide bonds. The van der Waals surface area contributed by atoms with Gasteiger partial charge in [-0.2, -0.15) is 18.9 Å². The van der Waals surface area contributed by atoms with Crippen molar-refractivity contribution in [2.45, 2.75) is 9.79 Å². The predicted molar refractivity (Wildman–Crippen MR) is 82.9 cm³/mol. The second kappa shape index (κ2) is 6.29. The summed E-state index contributed by atoms with van der Waals surface area (Å²) < 4.78 is 58.2. The molecule has 0 saturated heterocycles. The fraction of sp³-hybridized carbons (Fsp3) is 0. The molecule has 0 saturated carbocycles. The highest BCUT2D eigenvalue weighted by Crippen LogP contribution is 2.23. The molecule has 24 heavy (non-hydrogen) atoms. The number of anilines is 1. The highest BCUT2D eigenvalue weighted by Gasteiger charge is 2.21. The van der Waals surface area contributed by atoms with Gasteiger partial charge in [0.1, 0.15) is 17.0 Å². The molecule has 2 aromatic carbocycles. The Balaban J connectivity index is 2.52. The fourth-order valence-corrected chi connectivity index (χ4v) is 3.65. The van der Waals surface area contributed by atoms with Crippen LogP contribution in [0.5, 0.6) is 0 Å². The maximum Gasteiger partial charge on any atom is 0.294 e. The quantitative estimate of drug-likeness (QED) is 0.781. The number of nitrogens with one attached hydrogen (secondary N) is 1. The lowest BCUT2D eigenvalue weighted by Gasteiger charge is -2.10. The Labute approximate surface area is 138 Å². The molecule has 8 nitrogen and oxygen atoms in total. The second-order valence-corrected chi connectivity index (χ2v) is 7.58. The van der Waals surface area contributed by atoms with Crippen molar-refractivity contribution in [3.8, 4) is 12.1 Å². The Morgan fingerprint density at radius 3 is 2.21 bits per heavy atom. The van der Waals surface area contributed by atoms with Crippen LogP contribution in [-0.2, 0) is 20.1 Å². The summed E-state index contributed by atoms with van der Waals surface area (Å²) in [7, 11) is -8.75. The first-order valence-electron chi connectivity index (χ1n) is 6.22. The van der Waals surface area contributed by atoms with Crippen molar-refractivity contribution in [3.05, 3.63) is 53.6 Å². The van der Waals surface area contributed by atoms with E-state index in [-0.39, 0.29) is 16.8 Å². The molecule has 0 aliphatic carbocycles. The van der Waals surface area contributed by atoms with Gasteiger partial charge in [-0.15, -0.1) is 0 Å². The van der Waals surface area contributed by atoms with Crippen LogP contribution in [0.2, 0.25) is 0 Å². The molecule has 0 fully saturated rings. The van der Waals surface area contributed by atoms with Crippen LogP contribution in [0.1, 0.15) is 11.1 Å². The van der Waals surface area contributed by atoms with Crippen molar-refractivity contribution in [3.63, 3.8) is 0 Å². The van der Waals surface area contributed by atoms with Gasteiger partial charge in [-0.1, -0.05) is 12.1 Å². The fourth-order valence-electron chi connectivity index (χ4n) is 1.89. The normalized spacial score (nSPS) is 11.3. The van der Waals surface area contributed by atoms with Crippen LogP contribution in [0, 0.1) is 22.7 Å². The molecule has 0 radical (unpaired) electrons. The number of sulfonamides is 1. The van der Waals surface area contributed by atoms with Gasteiger partial charge in [0.25, 0.3) is 20.1 Å². The number of hydrogen-bond acceptors (Lipinski definition) is 6. The van der Waals surface area contributed by atoms with E-state index in [2.05, 4.69) is 4.72 Å². The van der Waals surface area contributed by atoms with Crippen molar-refractivity contribution in [2.75, 3.05) is 4.72 Å². The highest BCUT2D eigenvalue weighted by atomic mass is 32.2. The molecule has 2 N–H and O–H groups in total. The Morgan fingerprint density at radius 1 is 0.958 bits per heavy atom. The van der Waals surface area contributed by atoms with Gasteiger partial charge in [-0.3, -0.25) is 9.27 Å². The molecule has 0 aromatic heterocycles. The highest BCUT2D eigenvalue weighted by molar-refractivity contribution is 7.92. The van der Waals surface area contributed by atoms with Gasteiger partial charge >= 0.3 is 0 Å². The minimum atomic E-state index is -4.50. The maximum absolute atomic E-state index is 12.4. The second-order valence-electron chi connectivity index (χ2n) is 4.51. The van der Waals surface area contributed by atoms with E-state index in [1.807, 2.05) is 0 Å². The molecule has 0 bridgehead atoms. The molecule has 0 aliphatic rings. The van der Waals surface area contributed by atoms with Crippen LogP contribution in [0.15, 0.2) is 52.3 Å². The molecule has 0 aliphatic heterocycles. The average molecular weight is 363 g/mol. The Bertz CT molecular complexity index is 1090. The van der Waals surface area contributed by atoms with E-state index in [1.165, 1.54) is 24.3 Å². The molecular weight excluding hydrogens is 354 g/mol. The van der Waals surface area contributed by atoms with Crippen LogP contribution in [-0.4, -0.2) is 21.4 Å². The first-order chi connectivity index (χ1) is 11.2. The molecule has 0 heterocycles. The van der Waals surface area contributed by atoms with Gasteiger partial charge in [-0.25, -0.2) is 8.42 Å². The number of benzene rings is 2. The third-order valence-electron chi connectivity index (χ3n) is 2.93. The van der Waals surface area contributed by atoms with Crippen LogP contribution in [0.25, 0.3) is 0 Å². The summed E-state index contributed by atoms with van der Waals surface area (Å²) in [5.74, 6) is 0. The SMILES string of the molecule is N#Cc1cccc(S(=O)(=O)Nc2cccc(S(=O)(=O)O)c2)c1C#N. The molecule has 2 aromatic rings. The summed E-state index contributed by atoms with van der Waals surface area (Å²) in [6.07, 6.45) is 0. The standard InChI is InChI=1S/C14H9N3O5S2/c15-8-10-3-1-6-14(13(10)9-16)23(18,19)17-11-4-2-5-12(7-11)24(20,21)22/h1-7,17H,(H,20,21,22). The third kappa shape index (κ3) is 3.52. The summed E-state index contributed by atoms with van der Waals surface area (Å²) in [5.41, 5.74) is -0.554. The summed E-state index contributed by atoms with van der Waals surface area (Å²) in [4.78, 5) is -0.907. The molecule has 0 unspecified atom stereocenters. The van der Waals surface area contributed by atoms with E-state index in [0.29, 0.717) is 0 Å². The van der Waals surface area contributed by atoms with Crippen molar-refractivity contribution >= 4 is 25.8 Å². The summed E-state index contributed by atoms with van der Waals surface area (Å²) in [6, 6.07) is 11.7. The van der Waals surface area contributed by atoms with Crippen LogP contribution < -0.4 is 4.72 Å². The number of nitrogens with zero attached hydrogens (tertiary/aromatic N) is 2. The lowest BCUT2D eigenvalue weighted by Crippen LogP contribution is -2.15. The zero-order valence-corrected chi connectivity index (χ0v) is 13.5. The zero-order chi connectivity index (χ0) is 18.0. The average Bonchev–Trinajstić information content (AvgIpc) is 2.53. The molecular formula is C14H9N3O5S2. The van der Waals surface area contributed by atoms with Crippen molar-refractivity contribution in [2.24, 2.45) is 0 Å². The van der Waals surface area contributed by atoms with Gasteiger partial charge in [-0.05, 0) is 30.3 Å². The van der Waals surface area contributed by atoms with E-state index >= 15 is 0 Å². The minimum absolute atomic E-state index is 0.105. The largest absolute Gasteiger partial charge is 0.294 e. The number of nitriles is 2. The summed E-state index contributed by atoms with van der Waals surface area (Å²) in [5, 5.41) is 18.0. The van der Waals surface area contributed by atoms with Crippen molar-refractivity contribution in [1.82, 2.24) is 0 Å². The Kier molecular flexibility index (Phi) is 4.57. The molecule has 0 atom stereocenters. The lowest BCUT2D eigenvalue weighted by atomic mass is 10.1. The monoisotopic (exact) mass is 363 g/mol.